The van der Waals surface area contributed by atoms with Gasteiger partial charge in [0.1, 0.15) is 21.7 Å². The number of hydrogen-bond acceptors (Lipinski definition) is 6. The molecule has 7 nitrogen and oxygen atoms in total. The van der Waals surface area contributed by atoms with Crippen molar-refractivity contribution < 1.29 is 14.3 Å². The lowest BCUT2D eigenvalue weighted by Crippen LogP contribution is -2.38. The number of anilines is 1. The zero-order valence-electron chi connectivity index (χ0n) is 17.5. The average molecular weight is 429 g/mol. The van der Waals surface area contributed by atoms with Gasteiger partial charge in [-0.2, -0.15) is 0 Å². The zero-order chi connectivity index (χ0) is 20.9. The lowest BCUT2D eigenvalue weighted by Gasteiger charge is -2.27. The minimum absolute atomic E-state index is 0.0859. The second-order valence-electron chi connectivity index (χ2n) is 7.62. The minimum atomic E-state index is 0.0859. The van der Waals surface area contributed by atoms with E-state index in [-0.39, 0.29) is 11.8 Å². The second-order valence-corrected chi connectivity index (χ2v) is 8.60. The molecule has 4 rings (SSSR count). The Morgan fingerprint density at radius 2 is 1.97 bits per heavy atom. The SMILES string of the molecule is COc1ccc(OC)c2sc(N(CCCn3ccnc3)C(=O)C3CCCCC3)nc12. The molecular weight excluding hydrogens is 400 g/mol. The van der Waals surface area contributed by atoms with Gasteiger partial charge < -0.3 is 14.0 Å². The minimum Gasteiger partial charge on any atom is -0.495 e. The van der Waals surface area contributed by atoms with Gasteiger partial charge >= 0.3 is 0 Å². The topological polar surface area (TPSA) is 69.5 Å². The number of benzene rings is 1. The van der Waals surface area contributed by atoms with Gasteiger partial charge in [0, 0.05) is 31.4 Å². The van der Waals surface area contributed by atoms with E-state index >= 15 is 0 Å². The van der Waals surface area contributed by atoms with E-state index < -0.39 is 0 Å². The van der Waals surface area contributed by atoms with Crippen molar-refractivity contribution in [3.05, 3.63) is 30.9 Å². The summed E-state index contributed by atoms with van der Waals surface area (Å²) in [6.45, 7) is 1.43. The molecule has 1 amide bonds. The average Bonchev–Trinajstić information content (AvgIpc) is 3.46. The summed E-state index contributed by atoms with van der Waals surface area (Å²) in [5, 5.41) is 0.717. The van der Waals surface area contributed by atoms with Gasteiger partial charge in [-0.3, -0.25) is 9.69 Å². The van der Waals surface area contributed by atoms with Gasteiger partial charge in [0.25, 0.3) is 0 Å². The van der Waals surface area contributed by atoms with Crippen molar-refractivity contribution in [3.63, 3.8) is 0 Å². The molecule has 1 aliphatic rings. The van der Waals surface area contributed by atoms with Crippen molar-refractivity contribution >= 4 is 32.6 Å². The first-order valence-corrected chi connectivity index (χ1v) is 11.3. The number of amides is 1. The number of ether oxygens (including phenoxy) is 2. The number of aromatic nitrogens is 3. The van der Waals surface area contributed by atoms with Gasteiger partial charge in [0.05, 0.1) is 20.5 Å². The molecule has 0 radical (unpaired) electrons. The highest BCUT2D eigenvalue weighted by Gasteiger charge is 2.29. The summed E-state index contributed by atoms with van der Waals surface area (Å²) in [6, 6.07) is 3.74. The Hall–Kier alpha value is -2.61. The van der Waals surface area contributed by atoms with E-state index in [4.69, 9.17) is 14.5 Å². The first kappa shape index (κ1) is 20.7. The smallest absolute Gasteiger partial charge is 0.231 e. The fourth-order valence-corrected chi connectivity index (χ4v) is 5.20. The van der Waals surface area contributed by atoms with Crippen LogP contribution in [0, 0.1) is 5.92 Å². The fraction of sp³-hybridized carbons (Fsp3) is 0.500. The van der Waals surface area contributed by atoms with Crippen LogP contribution in [0.15, 0.2) is 30.9 Å². The normalized spacial score (nSPS) is 14.7. The van der Waals surface area contributed by atoms with Crippen molar-refractivity contribution in [3.8, 4) is 11.5 Å². The number of imidazole rings is 1. The Kier molecular flexibility index (Phi) is 6.52. The number of rotatable bonds is 8. The molecular formula is C22H28N4O3S. The van der Waals surface area contributed by atoms with Gasteiger partial charge in [0.15, 0.2) is 5.13 Å². The summed E-state index contributed by atoms with van der Waals surface area (Å²) in [4.78, 5) is 24.3. The Labute approximate surface area is 180 Å². The standard InChI is InChI=1S/C22H28N4O3S/c1-28-17-9-10-18(29-2)20-19(17)24-22(30-20)26(13-6-12-25-14-11-23-15-25)21(27)16-7-4-3-5-8-16/h9-11,14-16H,3-8,12-13H2,1-2H3. The fourth-order valence-electron chi connectivity index (χ4n) is 4.09. The third-order valence-electron chi connectivity index (χ3n) is 5.71. The highest BCUT2D eigenvalue weighted by Crippen LogP contribution is 2.41. The van der Waals surface area contributed by atoms with E-state index in [0.717, 1.165) is 54.6 Å². The highest BCUT2D eigenvalue weighted by atomic mass is 32.1. The molecule has 1 saturated carbocycles. The van der Waals surface area contributed by atoms with Crippen LogP contribution in [0.1, 0.15) is 38.5 Å². The van der Waals surface area contributed by atoms with E-state index in [1.54, 1.807) is 26.7 Å². The number of thiazole rings is 1. The molecule has 2 aromatic heterocycles. The molecule has 30 heavy (non-hydrogen) atoms. The van der Waals surface area contributed by atoms with Crippen molar-refractivity contribution in [2.45, 2.75) is 45.1 Å². The lowest BCUT2D eigenvalue weighted by atomic mass is 9.88. The molecule has 2 heterocycles. The van der Waals surface area contributed by atoms with Crippen LogP contribution in [0.4, 0.5) is 5.13 Å². The number of carbonyl (C=O) groups is 1. The summed E-state index contributed by atoms with van der Waals surface area (Å²) in [6.07, 6.45) is 11.8. The van der Waals surface area contributed by atoms with E-state index in [9.17, 15) is 4.79 Å². The molecule has 8 heteroatoms. The molecule has 160 valence electrons. The molecule has 0 N–H and O–H groups in total. The molecule has 0 saturated heterocycles. The molecule has 0 spiro atoms. The number of nitrogens with zero attached hydrogens (tertiary/aromatic N) is 4. The van der Waals surface area contributed by atoms with Crippen molar-refractivity contribution in [1.82, 2.24) is 14.5 Å². The summed E-state index contributed by atoms with van der Waals surface area (Å²) in [7, 11) is 3.28. The summed E-state index contributed by atoms with van der Waals surface area (Å²) < 4.78 is 14.0. The quantitative estimate of drug-likeness (QED) is 0.528. The molecule has 1 fully saturated rings. The number of carbonyl (C=O) groups excluding carboxylic acids is 1. The van der Waals surface area contributed by atoms with Crippen LogP contribution in [0.3, 0.4) is 0 Å². The zero-order valence-corrected chi connectivity index (χ0v) is 18.4. The number of fused-ring (bicyclic) bond motifs is 1. The monoisotopic (exact) mass is 428 g/mol. The third kappa shape index (κ3) is 4.28. The van der Waals surface area contributed by atoms with Crippen LogP contribution in [0.25, 0.3) is 10.2 Å². The molecule has 0 atom stereocenters. The number of hydrogen-bond donors (Lipinski definition) is 0. The third-order valence-corrected chi connectivity index (χ3v) is 6.80. The van der Waals surface area contributed by atoms with Gasteiger partial charge in [-0.15, -0.1) is 0 Å². The lowest BCUT2D eigenvalue weighted by molar-refractivity contribution is -0.123. The maximum absolute atomic E-state index is 13.5. The van der Waals surface area contributed by atoms with Crippen LogP contribution in [0.5, 0.6) is 11.5 Å². The molecule has 1 aromatic carbocycles. The predicted molar refractivity (Wildman–Crippen MR) is 118 cm³/mol. The van der Waals surface area contributed by atoms with E-state index in [0.29, 0.717) is 17.4 Å². The highest BCUT2D eigenvalue weighted by molar-refractivity contribution is 7.22. The van der Waals surface area contributed by atoms with Crippen LogP contribution >= 0.6 is 11.3 Å². The maximum atomic E-state index is 13.5. The summed E-state index contributed by atoms with van der Waals surface area (Å²) >= 11 is 1.50. The van der Waals surface area contributed by atoms with Gasteiger partial charge in [-0.1, -0.05) is 30.6 Å². The van der Waals surface area contributed by atoms with Crippen LogP contribution in [-0.4, -0.2) is 41.2 Å². The van der Waals surface area contributed by atoms with Crippen LogP contribution < -0.4 is 14.4 Å². The molecule has 1 aliphatic carbocycles. The summed E-state index contributed by atoms with van der Waals surface area (Å²) in [5.41, 5.74) is 0.743. The van der Waals surface area contributed by atoms with Crippen molar-refractivity contribution in [2.75, 3.05) is 25.7 Å². The van der Waals surface area contributed by atoms with Crippen molar-refractivity contribution in [2.24, 2.45) is 5.92 Å². The second kappa shape index (κ2) is 9.47. The Morgan fingerprint density at radius 1 is 1.20 bits per heavy atom. The first-order chi connectivity index (χ1) is 14.7. The molecule has 3 aromatic rings. The number of methoxy groups -OCH3 is 2. The van der Waals surface area contributed by atoms with Crippen LogP contribution in [0.2, 0.25) is 0 Å². The Morgan fingerprint density at radius 3 is 2.67 bits per heavy atom. The van der Waals surface area contributed by atoms with Crippen molar-refractivity contribution in [1.29, 1.82) is 0 Å². The molecule has 0 unspecified atom stereocenters. The summed E-state index contributed by atoms with van der Waals surface area (Å²) in [5.74, 6) is 1.72. The van der Waals surface area contributed by atoms with E-state index in [1.165, 1.54) is 17.8 Å². The van der Waals surface area contributed by atoms with E-state index in [1.807, 2.05) is 27.8 Å². The van der Waals surface area contributed by atoms with E-state index in [2.05, 4.69) is 4.98 Å². The largest absolute Gasteiger partial charge is 0.495 e. The Bertz CT molecular complexity index is 939. The van der Waals surface area contributed by atoms with Gasteiger partial charge in [-0.25, -0.2) is 9.97 Å². The maximum Gasteiger partial charge on any atom is 0.231 e. The Balaban J connectivity index is 1.64. The van der Waals surface area contributed by atoms with Gasteiger partial charge in [-0.05, 0) is 31.4 Å². The predicted octanol–water partition coefficient (Wildman–Crippen LogP) is 4.51. The van der Waals surface area contributed by atoms with Gasteiger partial charge in [0.2, 0.25) is 5.91 Å². The first-order valence-electron chi connectivity index (χ1n) is 10.5. The molecule has 0 bridgehead atoms. The molecule has 0 aliphatic heterocycles. The van der Waals surface area contributed by atoms with Crippen LogP contribution in [-0.2, 0) is 11.3 Å². The number of aryl methyl sites for hydroxylation is 1.